The third-order valence-corrected chi connectivity index (χ3v) is 8.07. The van der Waals surface area contributed by atoms with E-state index in [9.17, 15) is 13.6 Å². The van der Waals surface area contributed by atoms with Crippen LogP contribution in [0.4, 0.5) is 13.2 Å². The lowest BCUT2D eigenvalue weighted by Gasteiger charge is -2.34. The molecular weight excluding hydrogens is 537 g/mol. The van der Waals surface area contributed by atoms with Gasteiger partial charge in [0.25, 0.3) is 0 Å². The number of carboxylic acid groups (broad SMARTS) is 1. The highest BCUT2D eigenvalue weighted by Crippen LogP contribution is 2.63. The third kappa shape index (κ3) is 5.08. The highest BCUT2D eigenvalue weighted by Gasteiger charge is 2.55. The topological polar surface area (TPSA) is 95.5 Å². The summed E-state index contributed by atoms with van der Waals surface area (Å²) in [5.41, 5.74) is 2.79. The van der Waals surface area contributed by atoms with E-state index in [1.807, 2.05) is 14.4 Å². The summed E-state index contributed by atoms with van der Waals surface area (Å²) in [7, 11) is 0. The molecule has 1 saturated carbocycles. The third-order valence-electron chi connectivity index (χ3n) is 8.07. The number of rotatable bonds is 7. The van der Waals surface area contributed by atoms with Crippen LogP contribution in [-0.4, -0.2) is 82.4 Å². The number of carboxylic acids is 1. The highest BCUT2D eigenvalue weighted by molar-refractivity contribution is 5.86. The maximum Gasteiger partial charge on any atom is 0.387 e. The molecule has 1 unspecified atom stereocenters. The number of carbonyl (C=O) groups is 1. The van der Waals surface area contributed by atoms with Gasteiger partial charge in [-0.2, -0.15) is 8.78 Å². The molecule has 3 heterocycles. The van der Waals surface area contributed by atoms with Crippen LogP contribution in [0.2, 0.25) is 0 Å². The maximum absolute atomic E-state index is 15.3. The second-order valence-corrected chi connectivity index (χ2v) is 10.6. The quantitative estimate of drug-likeness (QED) is 0.332. The lowest BCUT2D eigenvalue weighted by Crippen LogP contribution is -2.49. The first kappa shape index (κ1) is 27.0. The number of guanidine groups is 1. The fraction of sp³-hybridized carbons (Fsp3) is 0.379. The van der Waals surface area contributed by atoms with Crippen molar-refractivity contribution in [1.82, 2.24) is 19.4 Å². The summed E-state index contributed by atoms with van der Waals surface area (Å²) in [5, 5.41) is 9.01. The van der Waals surface area contributed by atoms with Crippen molar-refractivity contribution in [2.45, 2.75) is 31.9 Å². The molecule has 1 aromatic heterocycles. The number of nitrogens with zero attached hydrogens (tertiary/aromatic N) is 6. The summed E-state index contributed by atoms with van der Waals surface area (Å²) in [6.45, 7) is 4.59. The Morgan fingerprint density at radius 1 is 1.24 bits per heavy atom. The number of aromatic nitrogens is 2. The number of fused-ring (bicyclic) bond motifs is 5. The summed E-state index contributed by atoms with van der Waals surface area (Å²) in [6, 6.07) is 9.71. The largest absolute Gasteiger partial charge is 0.480 e. The van der Waals surface area contributed by atoms with Crippen LogP contribution >= 0.6 is 0 Å². The minimum absolute atomic E-state index is 0.0198. The summed E-state index contributed by atoms with van der Waals surface area (Å²) < 4.78 is 48.6. The Hall–Kier alpha value is -4.19. The van der Waals surface area contributed by atoms with Gasteiger partial charge in [0.15, 0.2) is 0 Å². The molecule has 41 heavy (non-hydrogen) atoms. The fourth-order valence-electron chi connectivity index (χ4n) is 6.08. The molecular formula is C29H29F3N6O3. The van der Waals surface area contributed by atoms with E-state index in [1.165, 1.54) is 6.07 Å². The number of piperazine rings is 1. The van der Waals surface area contributed by atoms with Gasteiger partial charge < -0.3 is 19.3 Å². The maximum atomic E-state index is 15.3. The van der Waals surface area contributed by atoms with Crippen LogP contribution < -0.4 is 4.74 Å². The molecule has 1 saturated heterocycles. The zero-order valence-electron chi connectivity index (χ0n) is 22.4. The van der Waals surface area contributed by atoms with Gasteiger partial charge in [-0.3, -0.25) is 9.69 Å². The van der Waals surface area contributed by atoms with E-state index in [4.69, 9.17) is 14.8 Å². The minimum atomic E-state index is -2.94. The van der Waals surface area contributed by atoms with E-state index >= 15 is 4.39 Å². The molecule has 2 fully saturated rings. The number of aliphatic imine (C=N–C) groups is 2. The SMILES string of the molecule is C=NC(=N/C=C(\C)c1cc2c(cc1F)nc1n2[C@@H](c2ccccc2OC(F)F)C2C[C@@H]12)N1CCN(CC(=O)O)CC1. The molecule has 12 heteroatoms. The van der Waals surface area contributed by atoms with Crippen molar-refractivity contribution < 1.29 is 27.8 Å². The molecule has 1 N–H and O–H groups in total. The van der Waals surface area contributed by atoms with Crippen LogP contribution in [0.3, 0.4) is 0 Å². The zero-order valence-corrected chi connectivity index (χ0v) is 22.4. The van der Waals surface area contributed by atoms with Gasteiger partial charge >= 0.3 is 12.6 Å². The number of benzene rings is 2. The highest BCUT2D eigenvalue weighted by atomic mass is 19.3. The smallest absolute Gasteiger partial charge is 0.387 e. The molecule has 1 aliphatic carbocycles. The van der Waals surface area contributed by atoms with E-state index in [0.29, 0.717) is 59.9 Å². The number of hydrogen-bond donors (Lipinski definition) is 1. The van der Waals surface area contributed by atoms with Crippen molar-refractivity contribution in [3.8, 4) is 5.75 Å². The van der Waals surface area contributed by atoms with E-state index in [1.54, 1.807) is 43.5 Å². The van der Waals surface area contributed by atoms with Gasteiger partial charge in [-0.1, -0.05) is 18.2 Å². The van der Waals surface area contributed by atoms with Gasteiger partial charge in [0, 0.05) is 55.5 Å². The summed E-state index contributed by atoms with van der Waals surface area (Å²) in [5.74, 6) is 0.436. The van der Waals surface area contributed by atoms with E-state index < -0.39 is 18.4 Å². The first-order valence-electron chi connectivity index (χ1n) is 13.4. The molecule has 0 bridgehead atoms. The molecule has 0 amide bonds. The van der Waals surface area contributed by atoms with Crippen molar-refractivity contribution >= 4 is 35.3 Å². The number of hydrogen-bond acceptors (Lipinski definition) is 5. The number of alkyl halides is 2. The molecule has 3 atom stereocenters. The summed E-state index contributed by atoms with van der Waals surface area (Å²) >= 11 is 0. The molecule has 9 nitrogen and oxygen atoms in total. The Kier molecular flexibility index (Phi) is 7.02. The Morgan fingerprint density at radius 2 is 2.00 bits per heavy atom. The average molecular weight is 567 g/mol. The predicted octanol–water partition coefficient (Wildman–Crippen LogP) is 4.60. The lowest BCUT2D eigenvalue weighted by atomic mass is 10.0. The van der Waals surface area contributed by atoms with Crippen LogP contribution in [0.1, 0.15) is 42.3 Å². The van der Waals surface area contributed by atoms with Crippen molar-refractivity contribution in [3.05, 3.63) is 65.4 Å². The molecule has 3 aliphatic rings. The van der Waals surface area contributed by atoms with E-state index in [2.05, 4.69) is 16.7 Å². The Labute approximate surface area is 234 Å². The molecule has 214 valence electrons. The Morgan fingerprint density at radius 3 is 2.71 bits per heavy atom. The van der Waals surface area contributed by atoms with Crippen molar-refractivity contribution in [2.24, 2.45) is 15.9 Å². The normalized spacial score (nSPS) is 22.7. The molecule has 3 aromatic rings. The van der Waals surface area contributed by atoms with E-state index in [-0.39, 0.29) is 30.2 Å². The standard InChI is InChI=1S/C29H29F3N6O3/c1-16(14-34-29(33-2)37-9-7-36(8-10-37)15-25(39)40)18-12-23-22(13-21(18)30)35-27-20-11-19(20)26(38(23)27)17-5-3-4-6-24(17)41-28(31)32/h3-6,12-14,19-20,26,28H,2,7-11,15H2,1H3,(H,39,40)/b16-14+,34-29?/t19?,20-,26+/m1/s1. The fourth-order valence-corrected chi connectivity index (χ4v) is 6.08. The predicted molar refractivity (Wildman–Crippen MR) is 148 cm³/mol. The lowest BCUT2D eigenvalue weighted by molar-refractivity contribution is -0.138. The van der Waals surface area contributed by atoms with Gasteiger partial charge in [-0.15, -0.1) is 0 Å². The number of halogens is 3. The van der Waals surface area contributed by atoms with Crippen LogP contribution in [0.5, 0.6) is 5.75 Å². The average Bonchev–Trinajstić information content (AvgIpc) is 3.54. The van der Waals surface area contributed by atoms with Crippen LogP contribution in [0.15, 0.2) is 52.6 Å². The number of aliphatic carboxylic acids is 1. The van der Waals surface area contributed by atoms with Crippen molar-refractivity contribution in [1.29, 1.82) is 0 Å². The van der Waals surface area contributed by atoms with Crippen LogP contribution in [0, 0.1) is 11.7 Å². The molecule has 0 spiro atoms. The molecule has 0 radical (unpaired) electrons. The minimum Gasteiger partial charge on any atom is -0.480 e. The Bertz CT molecular complexity index is 1580. The Balaban J connectivity index is 1.31. The number of imidazole rings is 1. The second-order valence-electron chi connectivity index (χ2n) is 10.6. The zero-order chi connectivity index (χ0) is 28.8. The summed E-state index contributed by atoms with van der Waals surface area (Å²) in [4.78, 5) is 28.0. The second kappa shape index (κ2) is 10.7. The summed E-state index contributed by atoms with van der Waals surface area (Å²) in [6.07, 6.45) is 2.43. The molecule has 2 aliphatic heterocycles. The van der Waals surface area contributed by atoms with Gasteiger partial charge in [0.1, 0.15) is 17.4 Å². The molecule has 6 rings (SSSR count). The first-order chi connectivity index (χ1) is 19.7. The number of para-hydroxylation sites is 1. The van der Waals surface area contributed by atoms with Crippen LogP contribution in [-0.2, 0) is 4.79 Å². The van der Waals surface area contributed by atoms with Crippen LogP contribution in [0.25, 0.3) is 16.6 Å². The van der Waals surface area contributed by atoms with Gasteiger partial charge in [0.05, 0.1) is 23.6 Å². The first-order valence-corrected chi connectivity index (χ1v) is 13.4. The van der Waals surface area contributed by atoms with Gasteiger partial charge in [-0.05, 0) is 43.7 Å². The van der Waals surface area contributed by atoms with Crippen molar-refractivity contribution in [2.75, 3.05) is 32.7 Å². The van der Waals surface area contributed by atoms with Crippen molar-refractivity contribution in [3.63, 3.8) is 0 Å². The van der Waals surface area contributed by atoms with Gasteiger partial charge in [0.2, 0.25) is 5.96 Å². The number of allylic oxidation sites excluding steroid dienone is 1. The number of ether oxygens (including phenoxy) is 1. The monoisotopic (exact) mass is 566 g/mol. The van der Waals surface area contributed by atoms with Gasteiger partial charge in [-0.25, -0.2) is 19.4 Å². The van der Waals surface area contributed by atoms with E-state index in [0.717, 1.165) is 12.2 Å². The molecule has 2 aromatic carbocycles.